The highest BCUT2D eigenvalue weighted by Gasteiger charge is 2.52. The van der Waals surface area contributed by atoms with Crippen LogP contribution in [0.1, 0.15) is 16.7 Å². The van der Waals surface area contributed by atoms with Gasteiger partial charge in [0.05, 0.1) is 15.1 Å². The van der Waals surface area contributed by atoms with Gasteiger partial charge in [0, 0.05) is 16.1 Å². The number of phenolic OH excluding ortho intramolecular Hbond substituents is 2. The number of para-hydroxylation sites is 1. The van der Waals surface area contributed by atoms with Crippen LogP contribution < -0.4 is 0 Å². The van der Waals surface area contributed by atoms with Gasteiger partial charge in [-0.1, -0.05) is 70.7 Å². The summed E-state index contributed by atoms with van der Waals surface area (Å²) in [6.07, 6.45) is 0. The Bertz CT molecular complexity index is 1210. The number of phenols is 2. The highest BCUT2D eigenvalue weighted by molar-refractivity contribution is 7.87. The van der Waals surface area contributed by atoms with E-state index in [9.17, 15) is 23.2 Å². The first-order chi connectivity index (χ1) is 13.5. The summed E-state index contributed by atoms with van der Waals surface area (Å²) in [4.78, 5) is 0. The molecule has 3 aromatic carbocycles. The van der Waals surface area contributed by atoms with Gasteiger partial charge in [0.1, 0.15) is 11.5 Å². The van der Waals surface area contributed by atoms with E-state index < -0.39 is 31.4 Å². The zero-order valence-corrected chi connectivity index (χ0v) is 18.1. The van der Waals surface area contributed by atoms with E-state index in [1.165, 1.54) is 54.6 Å². The molecule has 0 saturated carbocycles. The second-order valence-corrected chi connectivity index (χ2v) is 9.22. The largest absolute Gasteiger partial charge is 0.508 e. The second-order valence-electron chi connectivity index (χ2n) is 6.06. The summed E-state index contributed by atoms with van der Waals surface area (Å²) in [5, 5.41) is 20.2. The van der Waals surface area contributed by atoms with Crippen LogP contribution in [-0.4, -0.2) is 23.2 Å². The minimum absolute atomic E-state index is 0.0139. The molecule has 0 saturated heterocycles. The van der Waals surface area contributed by atoms with Crippen molar-refractivity contribution < 1.29 is 23.2 Å². The molecule has 1 atom stereocenters. The van der Waals surface area contributed by atoms with Crippen LogP contribution in [0, 0.1) is 0 Å². The smallest absolute Gasteiger partial charge is 0.283 e. The van der Waals surface area contributed by atoms with Crippen molar-refractivity contribution in [2.75, 3.05) is 0 Å². The summed E-state index contributed by atoms with van der Waals surface area (Å²) in [6, 6.07) is 11.7. The van der Waals surface area contributed by atoms with Gasteiger partial charge in [-0.15, -0.1) is 0 Å². The predicted molar refractivity (Wildman–Crippen MR) is 114 cm³/mol. The lowest BCUT2D eigenvalue weighted by Gasteiger charge is -2.34. The van der Waals surface area contributed by atoms with Gasteiger partial charge in [-0.25, -0.2) is 0 Å². The Kier molecular flexibility index (Phi) is 5.98. The monoisotopic (exact) mass is 492 g/mol. The number of aromatic hydroxyl groups is 2. The average molecular weight is 494 g/mol. The van der Waals surface area contributed by atoms with Gasteiger partial charge in [-0.05, 0) is 35.9 Å². The summed E-state index contributed by atoms with van der Waals surface area (Å²) in [5.74, 6) is -0.943. The van der Waals surface area contributed by atoms with Crippen molar-refractivity contribution in [3.8, 4) is 11.5 Å². The number of benzene rings is 3. The zero-order valence-electron chi connectivity index (χ0n) is 14.3. The lowest BCUT2D eigenvalue weighted by Crippen LogP contribution is -2.39. The van der Waals surface area contributed by atoms with Gasteiger partial charge < -0.3 is 10.2 Å². The Hall–Kier alpha value is -1.67. The van der Waals surface area contributed by atoms with E-state index in [0.717, 1.165) is 0 Å². The van der Waals surface area contributed by atoms with E-state index in [2.05, 4.69) is 0 Å². The van der Waals surface area contributed by atoms with Crippen molar-refractivity contribution in [1.82, 2.24) is 0 Å². The molecule has 0 aliphatic rings. The third kappa shape index (κ3) is 3.54. The highest BCUT2D eigenvalue weighted by atomic mass is 35.5. The molecular formula is C19H12Cl4O5S. The fourth-order valence-electron chi connectivity index (χ4n) is 3.20. The maximum Gasteiger partial charge on any atom is 0.283 e. The first-order valence-electron chi connectivity index (χ1n) is 7.90. The number of hydrogen-bond acceptors (Lipinski definition) is 4. The Morgan fingerprint density at radius 1 is 0.759 bits per heavy atom. The highest BCUT2D eigenvalue weighted by Crippen LogP contribution is 2.53. The normalized spacial score (nSPS) is 13.8. The van der Waals surface area contributed by atoms with E-state index in [1.54, 1.807) is 0 Å². The van der Waals surface area contributed by atoms with Crippen LogP contribution in [0.3, 0.4) is 0 Å². The van der Waals surface area contributed by atoms with E-state index in [4.69, 9.17) is 46.4 Å². The molecule has 152 valence electrons. The summed E-state index contributed by atoms with van der Waals surface area (Å²) in [6.45, 7) is 0. The number of hydrogen-bond donors (Lipinski definition) is 3. The molecule has 0 radical (unpaired) electrons. The first-order valence-corrected chi connectivity index (χ1v) is 10.9. The van der Waals surface area contributed by atoms with Crippen LogP contribution in [-0.2, 0) is 14.9 Å². The summed E-state index contributed by atoms with van der Waals surface area (Å²) < 4.78 is 33.9. The van der Waals surface area contributed by atoms with Crippen molar-refractivity contribution >= 4 is 56.5 Å². The van der Waals surface area contributed by atoms with E-state index in [-0.39, 0.29) is 31.8 Å². The average Bonchev–Trinajstić information content (AvgIpc) is 2.64. The van der Waals surface area contributed by atoms with E-state index in [0.29, 0.717) is 0 Å². The molecule has 0 aromatic heterocycles. The number of rotatable bonds is 4. The zero-order chi connectivity index (χ0) is 21.6. The summed E-state index contributed by atoms with van der Waals surface area (Å²) in [5.41, 5.74) is -0.719. The van der Waals surface area contributed by atoms with Gasteiger partial charge in [0.15, 0.2) is 4.75 Å². The Morgan fingerprint density at radius 2 is 1.38 bits per heavy atom. The molecule has 10 heteroatoms. The van der Waals surface area contributed by atoms with Gasteiger partial charge in [-0.3, -0.25) is 4.55 Å². The molecule has 0 amide bonds. The van der Waals surface area contributed by atoms with E-state index in [1.807, 2.05) is 0 Å². The third-order valence-corrected chi connectivity index (χ3v) is 7.29. The molecule has 3 aromatic rings. The first kappa shape index (κ1) is 22.0. The summed E-state index contributed by atoms with van der Waals surface area (Å²) in [7, 11) is -5.14. The quantitative estimate of drug-likeness (QED) is 0.311. The molecule has 0 spiro atoms. The topological polar surface area (TPSA) is 94.8 Å². The molecular weight excluding hydrogens is 482 g/mol. The Balaban J connectivity index is 2.66. The minimum Gasteiger partial charge on any atom is -0.508 e. The molecule has 0 aliphatic heterocycles. The van der Waals surface area contributed by atoms with Crippen molar-refractivity contribution in [3.63, 3.8) is 0 Å². The van der Waals surface area contributed by atoms with Crippen molar-refractivity contribution in [2.24, 2.45) is 0 Å². The Morgan fingerprint density at radius 3 is 1.97 bits per heavy atom. The minimum atomic E-state index is -5.14. The van der Waals surface area contributed by atoms with Crippen molar-refractivity contribution in [3.05, 3.63) is 91.4 Å². The molecule has 0 bridgehead atoms. The maximum absolute atomic E-state index is 13.0. The van der Waals surface area contributed by atoms with Gasteiger partial charge in [-0.2, -0.15) is 8.42 Å². The number of halogens is 4. The Labute approximate surface area is 186 Å². The molecule has 3 rings (SSSR count). The molecule has 0 fully saturated rings. The van der Waals surface area contributed by atoms with Crippen molar-refractivity contribution in [1.29, 1.82) is 0 Å². The standard InChI is InChI=1S/C19H12Cl4O5S/c20-12-6-5-10(9-14(12)22)19(29(26,27)28,11-3-1-2-4-15(11)24)17-13(21)7-8-16(25)18(17)23/h1-9,24-25H,(H,26,27,28). The van der Waals surface area contributed by atoms with Crippen LogP contribution >= 0.6 is 46.4 Å². The molecule has 0 aliphatic carbocycles. The molecule has 1 unspecified atom stereocenters. The molecule has 29 heavy (non-hydrogen) atoms. The van der Waals surface area contributed by atoms with Gasteiger partial charge in [0.25, 0.3) is 10.1 Å². The molecule has 3 N–H and O–H groups in total. The third-order valence-electron chi connectivity index (χ3n) is 4.42. The van der Waals surface area contributed by atoms with Crippen LogP contribution in [0.5, 0.6) is 11.5 Å². The maximum atomic E-state index is 13.0. The van der Waals surface area contributed by atoms with Crippen LogP contribution in [0.2, 0.25) is 20.1 Å². The summed E-state index contributed by atoms with van der Waals surface area (Å²) >= 11 is 24.6. The lowest BCUT2D eigenvalue weighted by atomic mass is 9.83. The van der Waals surface area contributed by atoms with Crippen LogP contribution in [0.15, 0.2) is 54.6 Å². The predicted octanol–water partition coefficient (Wildman–Crippen LogP) is 5.89. The molecule has 5 nitrogen and oxygen atoms in total. The van der Waals surface area contributed by atoms with Crippen LogP contribution in [0.4, 0.5) is 0 Å². The second kappa shape index (κ2) is 7.87. The van der Waals surface area contributed by atoms with Gasteiger partial charge >= 0.3 is 0 Å². The van der Waals surface area contributed by atoms with Gasteiger partial charge in [0.2, 0.25) is 0 Å². The SMILES string of the molecule is O=S(=O)(O)C(c1ccc(Cl)c(Cl)c1)(c1ccccc1O)c1c(Cl)ccc(O)c1Cl. The molecule has 0 heterocycles. The van der Waals surface area contributed by atoms with Crippen LogP contribution in [0.25, 0.3) is 0 Å². The fourth-order valence-corrected chi connectivity index (χ4v) is 5.61. The van der Waals surface area contributed by atoms with E-state index >= 15 is 0 Å². The fraction of sp³-hybridized carbons (Fsp3) is 0.0526. The lowest BCUT2D eigenvalue weighted by molar-refractivity contribution is 0.439. The van der Waals surface area contributed by atoms with Crippen molar-refractivity contribution in [2.45, 2.75) is 4.75 Å².